The number of halogens is 1. The highest BCUT2D eigenvalue weighted by atomic mass is 35.5. The van der Waals surface area contributed by atoms with E-state index < -0.39 is 23.0 Å². The first-order chi connectivity index (χ1) is 19.4. The molecule has 0 spiro atoms. The summed E-state index contributed by atoms with van der Waals surface area (Å²) in [6.45, 7) is 11.9. The lowest BCUT2D eigenvalue weighted by Crippen LogP contribution is -2.59. The number of nitrogens with one attached hydrogen (secondary N) is 1. The zero-order valence-electron chi connectivity index (χ0n) is 24.0. The van der Waals surface area contributed by atoms with Crippen molar-refractivity contribution >= 4 is 28.7 Å². The van der Waals surface area contributed by atoms with Crippen LogP contribution in [-0.4, -0.2) is 47.4 Å². The van der Waals surface area contributed by atoms with Crippen molar-refractivity contribution in [1.29, 1.82) is 0 Å². The molecular formula is C30H34ClN3O7. The normalized spacial score (nSPS) is 16.5. The Kier molecular flexibility index (Phi) is 7.76. The summed E-state index contributed by atoms with van der Waals surface area (Å²) >= 11 is 6.38. The van der Waals surface area contributed by atoms with E-state index in [0.29, 0.717) is 46.0 Å². The van der Waals surface area contributed by atoms with E-state index in [9.17, 15) is 4.79 Å². The molecule has 0 aliphatic carbocycles. The van der Waals surface area contributed by atoms with Crippen LogP contribution in [0.15, 0.2) is 51.4 Å². The number of carbonyl (C=O) groups is 1. The van der Waals surface area contributed by atoms with Gasteiger partial charge in [0.15, 0.2) is 5.79 Å². The summed E-state index contributed by atoms with van der Waals surface area (Å²) in [6.07, 6.45) is 0.282. The van der Waals surface area contributed by atoms with Crippen LogP contribution in [0.25, 0.3) is 33.8 Å². The van der Waals surface area contributed by atoms with Crippen molar-refractivity contribution < 1.29 is 32.7 Å². The Morgan fingerprint density at radius 2 is 1.80 bits per heavy atom. The maximum atomic E-state index is 12.8. The molecule has 1 aliphatic rings. The van der Waals surface area contributed by atoms with E-state index in [0.717, 1.165) is 17.4 Å². The van der Waals surface area contributed by atoms with Crippen molar-refractivity contribution in [3.05, 3.63) is 53.2 Å². The molecule has 0 saturated carbocycles. The Bertz CT molecular complexity index is 1540. The van der Waals surface area contributed by atoms with Crippen LogP contribution in [0, 0.1) is 0 Å². The van der Waals surface area contributed by atoms with Crippen molar-refractivity contribution in [1.82, 2.24) is 15.5 Å². The third kappa shape index (κ3) is 6.50. The fraction of sp³-hybridized carbons (Fsp3) is 0.433. The summed E-state index contributed by atoms with van der Waals surface area (Å²) in [7, 11) is 0. The maximum Gasteiger partial charge on any atom is 0.408 e. The van der Waals surface area contributed by atoms with Gasteiger partial charge in [0.25, 0.3) is 5.89 Å². The number of rotatable bonds is 7. The van der Waals surface area contributed by atoms with E-state index in [2.05, 4.69) is 15.5 Å². The second-order valence-electron chi connectivity index (χ2n) is 11.5. The van der Waals surface area contributed by atoms with Crippen LogP contribution in [0.2, 0.25) is 5.02 Å². The maximum absolute atomic E-state index is 12.8. The number of hydrogen-bond acceptors (Lipinski definition) is 9. The van der Waals surface area contributed by atoms with Gasteiger partial charge in [0.2, 0.25) is 5.82 Å². The van der Waals surface area contributed by atoms with E-state index in [1.807, 2.05) is 51.1 Å². The minimum absolute atomic E-state index is 0.130. The number of aromatic nitrogens is 2. The average molecular weight is 584 g/mol. The fourth-order valence-corrected chi connectivity index (χ4v) is 4.53. The molecule has 4 aromatic rings. The Morgan fingerprint density at radius 3 is 2.49 bits per heavy atom. The third-order valence-corrected chi connectivity index (χ3v) is 6.68. The molecule has 0 atom stereocenters. The predicted molar refractivity (Wildman–Crippen MR) is 153 cm³/mol. The summed E-state index contributed by atoms with van der Waals surface area (Å²) in [5, 5.41) is 8.34. The van der Waals surface area contributed by atoms with Crippen LogP contribution in [-0.2, 0) is 19.7 Å². The average Bonchev–Trinajstić information content (AvgIpc) is 3.56. The summed E-state index contributed by atoms with van der Waals surface area (Å²) in [5.74, 6) is 1.01. The van der Waals surface area contributed by atoms with Crippen molar-refractivity contribution in [2.75, 3.05) is 19.8 Å². The number of alkyl carbamates (subject to hydrolysis) is 1. The highest BCUT2D eigenvalue weighted by Crippen LogP contribution is 2.36. The van der Waals surface area contributed by atoms with Gasteiger partial charge in [-0.25, -0.2) is 4.79 Å². The lowest BCUT2D eigenvalue weighted by atomic mass is 9.96. The molecule has 0 radical (unpaired) electrons. The van der Waals surface area contributed by atoms with Crippen LogP contribution in [0.3, 0.4) is 0 Å². The van der Waals surface area contributed by atoms with E-state index in [1.54, 1.807) is 32.9 Å². The first-order valence-electron chi connectivity index (χ1n) is 13.5. The van der Waals surface area contributed by atoms with E-state index in [4.69, 9.17) is 39.5 Å². The Labute approximate surface area is 243 Å². The van der Waals surface area contributed by atoms with E-state index in [1.165, 1.54) is 0 Å². The van der Waals surface area contributed by atoms with Gasteiger partial charge in [0.1, 0.15) is 28.2 Å². The van der Waals surface area contributed by atoms with Gasteiger partial charge in [0.05, 0.1) is 24.8 Å². The zero-order valence-corrected chi connectivity index (χ0v) is 24.8. The summed E-state index contributed by atoms with van der Waals surface area (Å²) in [4.78, 5) is 17.4. The molecule has 10 nitrogen and oxygen atoms in total. The highest BCUT2D eigenvalue weighted by molar-refractivity contribution is 6.32. The summed E-state index contributed by atoms with van der Waals surface area (Å²) < 4.78 is 34.8. The molecule has 3 heterocycles. The van der Waals surface area contributed by atoms with Crippen LogP contribution < -0.4 is 10.1 Å². The smallest absolute Gasteiger partial charge is 0.408 e. The number of carbonyl (C=O) groups excluding carboxylic acids is 1. The Balaban J connectivity index is 1.42. The lowest BCUT2D eigenvalue weighted by molar-refractivity contribution is -0.274. The number of benzene rings is 2. The van der Waals surface area contributed by atoms with Gasteiger partial charge in [-0.2, -0.15) is 4.98 Å². The monoisotopic (exact) mass is 583 g/mol. The van der Waals surface area contributed by atoms with Crippen LogP contribution in [0.4, 0.5) is 4.79 Å². The van der Waals surface area contributed by atoms with Gasteiger partial charge >= 0.3 is 6.09 Å². The third-order valence-electron chi connectivity index (χ3n) is 6.39. The molecule has 2 aromatic heterocycles. The van der Waals surface area contributed by atoms with Crippen molar-refractivity contribution in [2.24, 2.45) is 0 Å². The number of furan rings is 1. The zero-order chi connectivity index (χ0) is 29.4. The van der Waals surface area contributed by atoms with Gasteiger partial charge in [-0.05, 0) is 83.5 Å². The first kappa shape index (κ1) is 28.9. The minimum atomic E-state index is -1.09. The van der Waals surface area contributed by atoms with E-state index in [-0.39, 0.29) is 13.2 Å². The number of nitrogens with zero attached hydrogens (tertiary/aromatic N) is 2. The molecule has 41 heavy (non-hydrogen) atoms. The second kappa shape index (κ2) is 11.0. The number of amides is 1. The molecule has 0 bridgehead atoms. The van der Waals surface area contributed by atoms with Gasteiger partial charge < -0.3 is 33.2 Å². The van der Waals surface area contributed by atoms with Crippen molar-refractivity contribution in [3.8, 4) is 28.6 Å². The second-order valence-corrected chi connectivity index (χ2v) is 11.9. The van der Waals surface area contributed by atoms with Gasteiger partial charge in [-0.3, -0.25) is 0 Å². The van der Waals surface area contributed by atoms with Crippen LogP contribution in [0.5, 0.6) is 5.75 Å². The highest BCUT2D eigenvalue weighted by Gasteiger charge is 2.46. The molecule has 1 aliphatic heterocycles. The Morgan fingerprint density at radius 1 is 1.07 bits per heavy atom. The molecule has 1 N–H and O–H groups in total. The molecule has 2 aromatic carbocycles. The number of fused-ring (bicyclic) bond motifs is 1. The predicted octanol–water partition coefficient (Wildman–Crippen LogP) is 7.09. The van der Waals surface area contributed by atoms with E-state index >= 15 is 0 Å². The lowest BCUT2D eigenvalue weighted by Gasteiger charge is -2.42. The first-order valence-corrected chi connectivity index (χ1v) is 13.8. The molecule has 218 valence electrons. The molecule has 5 rings (SSSR count). The minimum Gasteiger partial charge on any atom is -0.492 e. The summed E-state index contributed by atoms with van der Waals surface area (Å²) in [6, 6.07) is 12.7. The molecule has 0 unspecified atom stereocenters. The topological polar surface area (TPSA) is 118 Å². The Hall–Kier alpha value is -3.60. The molecular weight excluding hydrogens is 550 g/mol. The molecule has 1 saturated heterocycles. The molecule has 1 fully saturated rings. The standard InChI is InChI=1S/C30H34ClN3O7/c1-7-12-36-23-11-9-19(14-21(23)31)26-32-25(34-41-26)18-8-10-22-20(13-18)15-24(39-22)30(16-37-29(5,6)38-17-30)33-27(35)40-28(2,3)4/h8-11,13-15H,7,12,16-17H2,1-6H3,(H,33,35). The fourth-order valence-electron chi connectivity index (χ4n) is 4.29. The number of hydrogen-bond donors (Lipinski definition) is 1. The molecule has 1 amide bonds. The summed E-state index contributed by atoms with van der Waals surface area (Å²) in [5.41, 5.74) is 0.239. The number of ether oxygens (including phenoxy) is 4. The van der Waals surface area contributed by atoms with Crippen molar-refractivity contribution in [3.63, 3.8) is 0 Å². The van der Waals surface area contributed by atoms with Crippen LogP contribution >= 0.6 is 11.6 Å². The van der Waals surface area contributed by atoms with Crippen LogP contribution in [0.1, 0.15) is 53.7 Å². The van der Waals surface area contributed by atoms with Crippen molar-refractivity contribution in [2.45, 2.75) is 64.9 Å². The largest absolute Gasteiger partial charge is 0.492 e. The van der Waals surface area contributed by atoms with Gasteiger partial charge in [-0.15, -0.1) is 0 Å². The molecule has 11 heteroatoms. The van der Waals surface area contributed by atoms with Gasteiger partial charge in [-0.1, -0.05) is 23.7 Å². The SMILES string of the molecule is CCCOc1ccc(-c2nc(-c3ccc4oc(C5(NC(=O)OC(C)(C)C)COC(C)(C)OC5)cc4c3)no2)cc1Cl. The van der Waals surface area contributed by atoms with Gasteiger partial charge in [0, 0.05) is 16.5 Å². The quantitative estimate of drug-likeness (QED) is 0.243.